The lowest BCUT2D eigenvalue weighted by atomic mass is 9.95. The Morgan fingerprint density at radius 2 is 1.96 bits per heavy atom. The fourth-order valence-electron chi connectivity index (χ4n) is 3.10. The Labute approximate surface area is 149 Å². The van der Waals surface area contributed by atoms with E-state index in [0.717, 1.165) is 23.5 Å². The van der Waals surface area contributed by atoms with Crippen molar-refractivity contribution in [2.75, 3.05) is 23.7 Å². The molecule has 3 N–H and O–H groups in total. The average molecular weight is 364 g/mol. The number of pyridine rings is 1. The van der Waals surface area contributed by atoms with Gasteiger partial charge in [0, 0.05) is 25.7 Å². The third-order valence-corrected chi connectivity index (χ3v) is 4.33. The zero-order valence-corrected chi connectivity index (χ0v) is 14.2. The van der Waals surface area contributed by atoms with Crippen LogP contribution in [0.4, 0.5) is 30.4 Å². The number of halogens is 3. The highest BCUT2D eigenvalue weighted by molar-refractivity contribution is 5.73. The summed E-state index contributed by atoms with van der Waals surface area (Å²) in [7, 11) is 0. The summed E-state index contributed by atoms with van der Waals surface area (Å²) in [5.74, 6) is 0.330. The van der Waals surface area contributed by atoms with E-state index in [1.165, 1.54) is 19.1 Å². The summed E-state index contributed by atoms with van der Waals surface area (Å²) in [6.07, 6.45) is -3.74. The number of alkyl halides is 3. The first kappa shape index (κ1) is 18.0. The SMILES string of the molecule is CC(=O)NCC1Cc2nc(N)ccc2N(c2ccc(C(F)(F)F)cc2)C1. The van der Waals surface area contributed by atoms with Crippen molar-refractivity contribution in [2.24, 2.45) is 5.92 Å². The molecule has 1 aromatic carbocycles. The van der Waals surface area contributed by atoms with Gasteiger partial charge in [-0.05, 0) is 48.7 Å². The quantitative estimate of drug-likeness (QED) is 0.878. The van der Waals surface area contributed by atoms with Crippen LogP contribution in [0.3, 0.4) is 0 Å². The van der Waals surface area contributed by atoms with E-state index in [2.05, 4.69) is 10.3 Å². The van der Waals surface area contributed by atoms with Gasteiger partial charge in [-0.15, -0.1) is 0 Å². The van der Waals surface area contributed by atoms with E-state index in [-0.39, 0.29) is 11.8 Å². The number of benzene rings is 1. The number of nitrogens with one attached hydrogen (secondary N) is 1. The monoisotopic (exact) mass is 364 g/mol. The zero-order chi connectivity index (χ0) is 18.9. The molecule has 2 aromatic rings. The first-order valence-corrected chi connectivity index (χ1v) is 8.18. The summed E-state index contributed by atoms with van der Waals surface area (Å²) in [5.41, 5.74) is 7.31. The van der Waals surface area contributed by atoms with Crippen LogP contribution in [0.1, 0.15) is 18.2 Å². The Kier molecular flexibility index (Phi) is 4.76. The molecule has 8 heteroatoms. The summed E-state index contributed by atoms with van der Waals surface area (Å²) < 4.78 is 38.4. The van der Waals surface area contributed by atoms with Crippen LogP contribution in [-0.4, -0.2) is 24.0 Å². The van der Waals surface area contributed by atoms with Crippen molar-refractivity contribution in [3.8, 4) is 0 Å². The van der Waals surface area contributed by atoms with Gasteiger partial charge >= 0.3 is 6.18 Å². The standard InChI is InChI=1S/C18H19F3N4O/c1-11(26)23-9-12-8-15-16(6-7-17(22)24-15)25(10-12)14-4-2-13(3-5-14)18(19,20)21/h2-7,12H,8-10H2,1H3,(H2,22,24)(H,23,26). The molecule has 0 radical (unpaired) electrons. The minimum absolute atomic E-state index is 0.0722. The van der Waals surface area contributed by atoms with Gasteiger partial charge in [-0.25, -0.2) is 4.98 Å². The van der Waals surface area contributed by atoms with Gasteiger partial charge in [0.05, 0.1) is 16.9 Å². The molecular formula is C18H19F3N4O. The number of nitrogens with two attached hydrogens (primary N) is 1. The maximum atomic E-state index is 12.8. The normalized spacial score (nSPS) is 16.9. The smallest absolute Gasteiger partial charge is 0.384 e. The van der Waals surface area contributed by atoms with Crippen molar-refractivity contribution in [1.29, 1.82) is 0 Å². The van der Waals surface area contributed by atoms with Crippen LogP contribution in [0.25, 0.3) is 0 Å². The number of hydrogen-bond donors (Lipinski definition) is 2. The van der Waals surface area contributed by atoms with Crippen LogP contribution in [-0.2, 0) is 17.4 Å². The number of amides is 1. The van der Waals surface area contributed by atoms with Gasteiger partial charge in [-0.2, -0.15) is 13.2 Å². The van der Waals surface area contributed by atoms with Crippen molar-refractivity contribution < 1.29 is 18.0 Å². The molecule has 0 spiro atoms. The molecule has 3 rings (SSSR count). The Morgan fingerprint density at radius 3 is 2.58 bits per heavy atom. The lowest BCUT2D eigenvalue weighted by Crippen LogP contribution is -2.39. The lowest BCUT2D eigenvalue weighted by Gasteiger charge is -2.35. The molecule has 0 saturated carbocycles. The summed E-state index contributed by atoms with van der Waals surface area (Å²) in [5, 5.41) is 2.79. The van der Waals surface area contributed by atoms with Crippen molar-refractivity contribution in [2.45, 2.75) is 19.5 Å². The van der Waals surface area contributed by atoms with Crippen LogP contribution in [0, 0.1) is 5.92 Å². The molecule has 1 unspecified atom stereocenters. The molecule has 1 aliphatic rings. The molecule has 0 saturated heterocycles. The second-order valence-electron chi connectivity index (χ2n) is 6.36. The number of rotatable bonds is 3. The number of carbonyl (C=O) groups is 1. The number of carbonyl (C=O) groups excluding carboxylic acids is 1. The first-order valence-electron chi connectivity index (χ1n) is 8.18. The van der Waals surface area contributed by atoms with Crippen LogP contribution in [0.5, 0.6) is 0 Å². The topological polar surface area (TPSA) is 71.2 Å². The van der Waals surface area contributed by atoms with Gasteiger partial charge in [-0.1, -0.05) is 0 Å². The summed E-state index contributed by atoms with van der Waals surface area (Å²) >= 11 is 0. The van der Waals surface area contributed by atoms with Gasteiger partial charge in [0.25, 0.3) is 0 Å². The largest absolute Gasteiger partial charge is 0.416 e. The third-order valence-electron chi connectivity index (χ3n) is 4.33. The van der Waals surface area contributed by atoms with Gasteiger partial charge in [0.2, 0.25) is 5.91 Å². The molecule has 2 heterocycles. The third kappa shape index (κ3) is 3.89. The van der Waals surface area contributed by atoms with Crippen molar-refractivity contribution in [3.05, 3.63) is 47.7 Å². The number of nitrogens with zero attached hydrogens (tertiary/aromatic N) is 2. The van der Waals surface area contributed by atoms with E-state index in [9.17, 15) is 18.0 Å². The van der Waals surface area contributed by atoms with Crippen LogP contribution >= 0.6 is 0 Å². The molecule has 5 nitrogen and oxygen atoms in total. The van der Waals surface area contributed by atoms with E-state index in [0.29, 0.717) is 31.0 Å². The number of anilines is 3. The number of nitrogen functional groups attached to an aromatic ring is 1. The Morgan fingerprint density at radius 1 is 1.27 bits per heavy atom. The number of hydrogen-bond acceptors (Lipinski definition) is 4. The van der Waals surface area contributed by atoms with E-state index in [1.807, 2.05) is 11.0 Å². The van der Waals surface area contributed by atoms with E-state index in [1.54, 1.807) is 6.07 Å². The zero-order valence-electron chi connectivity index (χ0n) is 14.2. The molecule has 1 aromatic heterocycles. The molecule has 0 bridgehead atoms. The maximum Gasteiger partial charge on any atom is 0.416 e. The Bertz CT molecular complexity index is 805. The minimum atomic E-state index is -4.37. The highest BCUT2D eigenvalue weighted by atomic mass is 19.4. The highest BCUT2D eigenvalue weighted by Gasteiger charge is 2.31. The van der Waals surface area contributed by atoms with Gasteiger partial charge in [0.15, 0.2) is 0 Å². The molecule has 1 atom stereocenters. The predicted molar refractivity (Wildman–Crippen MR) is 93.0 cm³/mol. The minimum Gasteiger partial charge on any atom is -0.384 e. The second kappa shape index (κ2) is 6.86. The van der Waals surface area contributed by atoms with E-state index >= 15 is 0 Å². The molecular weight excluding hydrogens is 345 g/mol. The van der Waals surface area contributed by atoms with Gasteiger partial charge in [0.1, 0.15) is 5.82 Å². The summed E-state index contributed by atoms with van der Waals surface area (Å²) in [6.45, 7) is 2.47. The Balaban J connectivity index is 1.92. The predicted octanol–water partition coefficient (Wildman–Crippen LogP) is 3.13. The molecule has 1 aliphatic heterocycles. The average Bonchev–Trinajstić information content (AvgIpc) is 2.58. The van der Waals surface area contributed by atoms with E-state index < -0.39 is 11.7 Å². The van der Waals surface area contributed by atoms with Gasteiger partial charge < -0.3 is 16.0 Å². The number of aromatic nitrogens is 1. The first-order chi connectivity index (χ1) is 12.2. The van der Waals surface area contributed by atoms with Crippen molar-refractivity contribution in [1.82, 2.24) is 10.3 Å². The fraction of sp³-hybridized carbons (Fsp3) is 0.333. The lowest BCUT2D eigenvalue weighted by molar-refractivity contribution is -0.137. The maximum absolute atomic E-state index is 12.8. The number of fused-ring (bicyclic) bond motifs is 1. The Hall–Kier alpha value is -2.77. The van der Waals surface area contributed by atoms with E-state index in [4.69, 9.17) is 5.73 Å². The van der Waals surface area contributed by atoms with Crippen molar-refractivity contribution >= 4 is 23.1 Å². The second-order valence-corrected chi connectivity index (χ2v) is 6.36. The molecule has 26 heavy (non-hydrogen) atoms. The fourth-order valence-corrected chi connectivity index (χ4v) is 3.10. The molecule has 0 fully saturated rings. The van der Waals surface area contributed by atoms with Crippen LogP contribution < -0.4 is 16.0 Å². The molecule has 138 valence electrons. The summed E-state index contributed by atoms with van der Waals surface area (Å²) in [6, 6.07) is 8.52. The van der Waals surface area contributed by atoms with Crippen LogP contribution in [0.2, 0.25) is 0 Å². The highest BCUT2D eigenvalue weighted by Crippen LogP contribution is 2.36. The molecule has 0 aliphatic carbocycles. The van der Waals surface area contributed by atoms with Crippen LogP contribution in [0.15, 0.2) is 36.4 Å². The summed E-state index contributed by atoms with van der Waals surface area (Å²) in [4.78, 5) is 17.5. The van der Waals surface area contributed by atoms with Crippen molar-refractivity contribution in [3.63, 3.8) is 0 Å². The molecule has 1 amide bonds. The van der Waals surface area contributed by atoms with Gasteiger partial charge in [-0.3, -0.25) is 4.79 Å².